The lowest BCUT2D eigenvalue weighted by atomic mass is 9.96. The Labute approximate surface area is 112 Å². The van der Waals surface area contributed by atoms with Crippen molar-refractivity contribution in [1.82, 2.24) is 0 Å². The SMILES string of the molecule is CCC1CCC(C(O)c2cc3cccc(F)c3o2)C1. The third-order valence-electron chi connectivity index (χ3n) is 4.41. The molecule has 1 aromatic carbocycles. The summed E-state index contributed by atoms with van der Waals surface area (Å²) in [6, 6.07) is 6.61. The lowest BCUT2D eigenvalue weighted by molar-refractivity contribution is 0.0880. The predicted octanol–water partition coefficient (Wildman–Crippen LogP) is 4.43. The van der Waals surface area contributed by atoms with Crippen molar-refractivity contribution < 1.29 is 13.9 Å². The van der Waals surface area contributed by atoms with Crippen molar-refractivity contribution in [3.05, 3.63) is 35.8 Å². The molecule has 0 radical (unpaired) electrons. The van der Waals surface area contributed by atoms with Crippen LogP contribution in [-0.4, -0.2) is 5.11 Å². The molecule has 0 spiro atoms. The van der Waals surface area contributed by atoms with E-state index in [1.165, 1.54) is 12.5 Å². The molecule has 2 nitrogen and oxygen atoms in total. The summed E-state index contributed by atoms with van der Waals surface area (Å²) in [4.78, 5) is 0. The summed E-state index contributed by atoms with van der Waals surface area (Å²) in [5.41, 5.74) is 0.251. The van der Waals surface area contributed by atoms with Crippen LogP contribution in [0.3, 0.4) is 0 Å². The third-order valence-corrected chi connectivity index (χ3v) is 4.41. The van der Waals surface area contributed by atoms with Crippen LogP contribution in [0.5, 0.6) is 0 Å². The Morgan fingerprint density at radius 1 is 1.42 bits per heavy atom. The topological polar surface area (TPSA) is 33.4 Å². The van der Waals surface area contributed by atoms with Crippen LogP contribution in [0.4, 0.5) is 4.39 Å². The number of halogens is 1. The molecule has 0 saturated heterocycles. The molecule has 2 aromatic rings. The molecule has 1 N–H and O–H groups in total. The standard InChI is InChI=1S/C16H19FO2/c1-2-10-6-7-11(8-10)15(18)14-9-12-4-3-5-13(17)16(12)19-14/h3-5,9-11,15,18H,2,6-8H2,1H3. The quantitative estimate of drug-likeness (QED) is 0.887. The van der Waals surface area contributed by atoms with Gasteiger partial charge >= 0.3 is 0 Å². The van der Waals surface area contributed by atoms with Crippen LogP contribution < -0.4 is 0 Å². The second kappa shape index (κ2) is 4.97. The minimum absolute atomic E-state index is 0.244. The van der Waals surface area contributed by atoms with Gasteiger partial charge in [-0.15, -0.1) is 0 Å². The van der Waals surface area contributed by atoms with E-state index in [2.05, 4.69) is 6.92 Å². The first-order chi connectivity index (χ1) is 9.19. The van der Waals surface area contributed by atoms with Gasteiger partial charge in [0, 0.05) is 5.39 Å². The van der Waals surface area contributed by atoms with Crippen LogP contribution in [0.1, 0.15) is 44.5 Å². The molecule has 1 saturated carbocycles. The van der Waals surface area contributed by atoms with Crippen LogP contribution in [0.2, 0.25) is 0 Å². The molecule has 0 aliphatic heterocycles. The molecule has 1 fully saturated rings. The minimum Gasteiger partial charge on any atom is -0.455 e. The van der Waals surface area contributed by atoms with Gasteiger partial charge in [-0.25, -0.2) is 4.39 Å². The summed E-state index contributed by atoms with van der Waals surface area (Å²) >= 11 is 0. The van der Waals surface area contributed by atoms with Crippen LogP contribution in [0, 0.1) is 17.7 Å². The smallest absolute Gasteiger partial charge is 0.170 e. The zero-order valence-corrected chi connectivity index (χ0v) is 11.1. The van der Waals surface area contributed by atoms with E-state index in [9.17, 15) is 9.50 Å². The number of para-hydroxylation sites is 1. The largest absolute Gasteiger partial charge is 0.455 e. The van der Waals surface area contributed by atoms with Crippen LogP contribution in [0.15, 0.2) is 28.7 Å². The highest BCUT2D eigenvalue weighted by atomic mass is 19.1. The third kappa shape index (κ3) is 2.27. The first-order valence-corrected chi connectivity index (χ1v) is 7.05. The Bertz CT molecular complexity index is 575. The van der Waals surface area contributed by atoms with E-state index in [1.807, 2.05) is 6.07 Å². The molecule has 102 valence electrons. The summed E-state index contributed by atoms with van der Waals surface area (Å²) in [6.45, 7) is 2.19. The van der Waals surface area contributed by atoms with E-state index < -0.39 is 6.10 Å². The van der Waals surface area contributed by atoms with Gasteiger partial charge in [0.05, 0.1) is 0 Å². The first kappa shape index (κ1) is 12.7. The fourth-order valence-corrected chi connectivity index (χ4v) is 3.20. The molecule has 3 unspecified atom stereocenters. The Morgan fingerprint density at radius 3 is 2.95 bits per heavy atom. The van der Waals surface area contributed by atoms with Gasteiger partial charge in [-0.1, -0.05) is 31.9 Å². The van der Waals surface area contributed by atoms with E-state index >= 15 is 0 Å². The number of aliphatic hydroxyl groups excluding tert-OH is 1. The molecular weight excluding hydrogens is 243 g/mol. The molecule has 1 heterocycles. The highest BCUT2D eigenvalue weighted by Crippen LogP contribution is 2.41. The van der Waals surface area contributed by atoms with E-state index in [0.29, 0.717) is 11.7 Å². The van der Waals surface area contributed by atoms with Crippen molar-refractivity contribution in [3.63, 3.8) is 0 Å². The molecular formula is C16H19FO2. The minimum atomic E-state index is -0.608. The normalized spacial score (nSPS) is 25.0. The number of benzene rings is 1. The van der Waals surface area contributed by atoms with Gasteiger partial charge in [0.15, 0.2) is 11.4 Å². The number of furan rings is 1. The van der Waals surface area contributed by atoms with Gasteiger partial charge < -0.3 is 9.52 Å². The second-order valence-electron chi connectivity index (χ2n) is 5.60. The van der Waals surface area contributed by atoms with Crippen molar-refractivity contribution in [2.75, 3.05) is 0 Å². The predicted molar refractivity (Wildman–Crippen MR) is 72.3 cm³/mol. The van der Waals surface area contributed by atoms with Crippen LogP contribution in [-0.2, 0) is 0 Å². The number of hydrogen-bond acceptors (Lipinski definition) is 2. The molecule has 3 heteroatoms. The summed E-state index contributed by atoms with van der Waals surface area (Å²) in [5.74, 6) is 1.09. The van der Waals surface area contributed by atoms with Gasteiger partial charge in [-0.2, -0.15) is 0 Å². The fraction of sp³-hybridized carbons (Fsp3) is 0.500. The van der Waals surface area contributed by atoms with E-state index in [0.717, 1.165) is 24.6 Å². The molecule has 1 aromatic heterocycles. The highest BCUT2D eigenvalue weighted by molar-refractivity contribution is 5.78. The Morgan fingerprint density at radius 2 is 2.26 bits per heavy atom. The number of hydrogen-bond donors (Lipinski definition) is 1. The monoisotopic (exact) mass is 262 g/mol. The van der Waals surface area contributed by atoms with Crippen molar-refractivity contribution in [2.45, 2.75) is 38.7 Å². The average molecular weight is 262 g/mol. The molecule has 1 aliphatic rings. The highest BCUT2D eigenvalue weighted by Gasteiger charge is 2.31. The molecule has 3 rings (SSSR count). The van der Waals surface area contributed by atoms with Crippen LogP contribution in [0.25, 0.3) is 11.0 Å². The summed E-state index contributed by atoms with van der Waals surface area (Å²) in [6.07, 6.45) is 3.80. The summed E-state index contributed by atoms with van der Waals surface area (Å²) < 4.78 is 19.1. The Hall–Kier alpha value is -1.35. The van der Waals surface area contributed by atoms with Crippen molar-refractivity contribution >= 4 is 11.0 Å². The van der Waals surface area contributed by atoms with Crippen LogP contribution >= 0.6 is 0 Å². The van der Waals surface area contributed by atoms with Crippen molar-refractivity contribution in [2.24, 2.45) is 11.8 Å². The summed E-state index contributed by atoms with van der Waals surface area (Å²) in [5, 5.41) is 11.1. The molecule has 19 heavy (non-hydrogen) atoms. The molecule has 0 bridgehead atoms. The molecule has 3 atom stereocenters. The molecule has 0 amide bonds. The first-order valence-electron chi connectivity index (χ1n) is 7.05. The second-order valence-corrected chi connectivity index (χ2v) is 5.60. The van der Waals surface area contributed by atoms with Gasteiger partial charge in [-0.3, -0.25) is 0 Å². The lowest BCUT2D eigenvalue weighted by Crippen LogP contribution is -2.08. The van der Waals surface area contributed by atoms with Gasteiger partial charge in [0.1, 0.15) is 11.9 Å². The van der Waals surface area contributed by atoms with Gasteiger partial charge in [0.25, 0.3) is 0 Å². The zero-order valence-electron chi connectivity index (χ0n) is 11.1. The van der Waals surface area contributed by atoms with Crippen molar-refractivity contribution in [1.29, 1.82) is 0 Å². The summed E-state index contributed by atoms with van der Waals surface area (Å²) in [7, 11) is 0. The number of fused-ring (bicyclic) bond motifs is 1. The molecule has 1 aliphatic carbocycles. The Kier molecular flexibility index (Phi) is 3.31. The Balaban J connectivity index is 1.86. The number of rotatable bonds is 3. The van der Waals surface area contributed by atoms with E-state index in [-0.39, 0.29) is 17.3 Å². The van der Waals surface area contributed by atoms with Crippen molar-refractivity contribution in [3.8, 4) is 0 Å². The maximum absolute atomic E-state index is 13.6. The maximum atomic E-state index is 13.6. The average Bonchev–Trinajstić information content (AvgIpc) is 3.05. The van der Waals surface area contributed by atoms with E-state index in [4.69, 9.17) is 4.42 Å². The van der Waals surface area contributed by atoms with Gasteiger partial charge in [-0.05, 0) is 36.8 Å². The lowest BCUT2D eigenvalue weighted by Gasteiger charge is -2.15. The van der Waals surface area contributed by atoms with Gasteiger partial charge in [0.2, 0.25) is 0 Å². The van der Waals surface area contributed by atoms with E-state index in [1.54, 1.807) is 12.1 Å². The maximum Gasteiger partial charge on any atom is 0.170 e. The fourth-order valence-electron chi connectivity index (χ4n) is 3.20. The zero-order chi connectivity index (χ0) is 13.4. The number of aliphatic hydroxyl groups is 1.